The molecule has 1 aliphatic carbocycles. The van der Waals surface area contributed by atoms with E-state index >= 15 is 0 Å². The Bertz CT molecular complexity index is 559. The molecule has 1 unspecified atom stereocenters. The number of Topliss-reactive ketones (excluding diaryl/α,β-unsaturated/α-hetero) is 1. The molecule has 1 aromatic carbocycles. The average Bonchev–Trinajstić information content (AvgIpc) is 2.54. The molecule has 2 nitrogen and oxygen atoms in total. The number of carbonyl (C=O) groups excluding carboxylic acids is 1. The van der Waals surface area contributed by atoms with E-state index in [2.05, 4.69) is 6.58 Å². The van der Waals surface area contributed by atoms with Gasteiger partial charge in [0.2, 0.25) is 0 Å². The molecule has 1 fully saturated rings. The van der Waals surface area contributed by atoms with E-state index in [1.807, 2.05) is 0 Å². The van der Waals surface area contributed by atoms with E-state index in [1.54, 1.807) is 19.1 Å². The maximum Gasteiger partial charge on any atom is 0.129 e. The fourth-order valence-electron chi connectivity index (χ4n) is 3.73. The van der Waals surface area contributed by atoms with Crippen molar-refractivity contribution in [1.29, 1.82) is 0 Å². The first kappa shape index (κ1) is 18.9. The Morgan fingerprint density at radius 2 is 1.96 bits per heavy atom. The number of carbonyl (C=O) groups is 1. The maximum absolute atomic E-state index is 13.2. The van der Waals surface area contributed by atoms with Crippen molar-refractivity contribution in [2.24, 2.45) is 11.8 Å². The van der Waals surface area contributed by atoms with Crippen LogP contribution >= 0.6 is 0 Å². The van der Waals surface area contributed by atoms with Gasteiger partial charge in [-0.1, -0.05) is 37.1 Å². The number of rotatable bonds is 8. The Hall–Kier alpha value is -1.48. The Morgan fingerprint density at radius 1 is 1.29 bits per heavy atom. The average molecular weight is 332 g/mol. The van der Waals surface area contributed by atoms with E-state index < -0.39 is 6.10 Å². The smallest absolute Gasteiger partial charge is 0.129 e. The van der Waals surface area contributed by atoms with Gasteiger partial charge in [-0.3, -0.25) is 0 Å². The van der Waals surface area contributed by atoms with Crippen LogP contribution in [-0.4, -0.2) is 10.9 Å². The summed E-state index contributed by atoms with van der Waals surface area (Å²) in [5, 5.41) is 10.2. The molecule has 0 aliphatic heterocycles. The van der Waals surface area contributed by atoms with E-state index in [0.717, 1.165) is 18.4 Å². The predicted octanol–water partition coefficient (Wildman–Crippen LogP) is 5.37. The van der Waals surface area contributed by atoms with Crippen molar-refractivity contribution in [3.05, 3.63) is 47.8 Å². The molecular weight excluding hydrogens is 303 g/mol. The summed E-state index contributed by atoms with van der Waals surface area (Å²) in [6.45, 7) is 5.78. The van der Waals surface area contributed by atoms with Gasteiger partial charge in [-0.25, -0.2) is 4.39 Å². The van der Waals surface area contributed by atoms with Gasteiger partial charge in [-0.05, 0) is 68.6 Å². The van der Waals surface area contributed by atoms with Gasteiger partial charge in [0.1, 0.15) is 11.6 Å². The standard InChI is InChI=1S/C21H29FO2/c1-15(13-21(24)19-4-3-5-20(22)14-19)12-18-10-8-17(9-11-18)7-6-16(2)23/h3-5,14,17-18,21,24H,1,6-13H2,2H3. The molecule has 3 heteroatoms. The van der Waals surface area contributed by atoms with Crippen LogP contribution in [0.3, 0.4) is 0 Å². The molecule has 2 rings (SSSR count). The zero-order chi connectivity index (χ0) is 17.5. The van der Waals surface area contributed by atoms with E-state index in [4.69, 9.17) is 0 Å². The lowest BCUT2D eigenvalue weighted by Crippen LogP contribution is -2.16. The summed E-state index contributed by atoms with van der Waals surface area (Å²) < 4.78 is 13.2. The zero-order valence-electron chi connectivity index (χ0n) is 14.6. The second-order valence-electron chi connectivity index (χ2n) is 7.36. The maximum atomic E-state index is 13.2. The van der Waals surface area contributed by atoms with Gasteiger partial charge < -0.3 is 9.90 Å². The lowest BCUT2D eigenvalue weighted by atomic mass is 9.77. The monoisotopic (exact) mass is 332 g/mol. The molecule has 1 saturated carbocycles. The van der Waals surface area contributed by atoms with Crippen LogP contribution in [0.5, 0.6) is 0 Å². The van der Waals surface area contributed by atoms with Gasteiger partial charge in [0, 0.05) is 6.42 Å². The summed E-state index contributed by atoms with van der Waals surface area (Å²) >= 11 is 0. The zero-order valence-corrected chi connectivity index (χ0v) is 14.6. The summed E-state index contributed by atoms with van der Waals surface area (Å²) in [6, 6.07) is 6.15. The minimum Gasteiger partial charge on any atom is -0.388 e. The summed E-state index contributed by atoms with van der Waals surface area (Å²) in [5.41, 5.74) is 1.66. The fraction of sp³-hybridized carbons (Fsp3) is 0.571. The molecular formula is C21H29FO2. The van der Waals surface area contributed by atoms with Crippen molar-refractivity contribution in [2.75, 3.05) is 0 Å². The molecule has 1 aliphatic rings. The Labute approximate surface area is 144 Å². The van der Waals surface area contributed by atoms with Gasteiger partial charge in [0.15, 0.2) is 0 Å². The highest BCUT2D eigenvalue weighted by atomic mass is 19.1. The van der Waals surface area contributed by atoms with Gasteiger partial charge in [-0.2, -0.15) is 0 Å². The normalized spacial score (nSPS) is 22.1. The van der Waals surface area contributed by atoms with Crippen molar-refractivity contribution in [3.63, 3.8) is 0 Å². The molecule has 24 heavy (non-hydrogen) atoms. The molecule has 0 aromatic heterocycles. The largest absolute Gasteiger partial charge is 0.388 e. The summed E-state index contributed by atoms with van der Waals surface area (Å²) in [6.07, 6.45) is 7.23. The third-order valence-electron chi connectivity index (χ3n) is 5.16. The quantitative estimate of drug-likeness (QED) is 0.650. The van der Waals surface area contributed by atoms with Gasteiger partial charge >= 0.3 is 0 Å². The first-order chi connectivity index (χ1) is 11.4. The van der Waals surface area contributed by atoms with Crippen LogP contribution in [0.25, 0.3) is 0 Å². The first-order valence-corrected chi connectivity index (χ1v) is 9.03. The third-order valence-corrected chi connectivity index (χ3v) is 5.16. The highest BCUT2D eigenvalue weighted by Gasteiger charge is 2.22. The van der Waals surface area contributed by atoms with E-state index in [1.165, 1.54) is 37.8 Å². The van der Waals surface area contributed by atoms with E-state index in [-0.39, 0.29) is 11.6 Å². The van der Waals surface area contributed by atoms with E-state index in [0.29, 0.717) is 30.2 Å². The number of ketones is 1. The van der Waals surface area contributed by atoms with Crippen LogP contribution in [0.4, 0.5) is 4.39 Å². The van der Waals surface area contributed by atoms with Crippen LogP contribution in [0.1, 0.15) is 70.0 Å². The van der Waals surface area contributed by atoms with Crippen LogP contribution in [0.15, 0.2) is 36.4 Å². The van der Waals surface area contributed by atoms with Gasteiger partial charge in [-0.15, -0.1) is 0 Å². The lowest BCUT2D eigenvalue weighted by molar-refractivity contribution is -0.117. The van der Waals surface area contributed by atoms with Crippen molar-refractivity contribution >= 4 is 5.78 Å². The number of aliphatic hydroxyl groups is 1. The van der Waals surface area contributed by atoms with Gasteiger partial charge in [0.05, 0.1) is 6.10 Å². The molecule has 0 amide bonds. The van der Waals surface area contributed by atoms with Crippen LogP contribution in [0.2, 0.25) is 0 Å². The molecule has 1 aromatic rings. The molecule has 0 heterocycles. The molecule has 1 atom stereocenters. The van der Waals surface area contributed by atoms with Crippen molar-refractivity contribution in [3.8, 4) is 0 Å². The second-order valence-corrected chi connectivity index (χ2v) is 7.36. The first-order valence-electron chi connectivity index (χ1n) is 9.03. The minimum absolute atomic E-state index is 0.289. The molecule has 0 saturated heterocycles. The Morgan fingerprint density at radius 3 is 2.58 bits per heavy atom. The molecule has 0 radical (unpaired) electrons. The Kier molecular flexibility index (Phi) is 7.16. The summed E-state index contributed by atoms with van der Waals surface area (Å²) in [4.78, 5) is 11.1. The highest BCUT2D eigenvalue weighted by molar-refractivity contribution is 5.75. The number of halogens is 1. The minimum atomic E-state index is -0.680. The number of hydrogen-bond donors (Lipinski definition) is 1. The number of benzene rings is 1. The van der Waals surface area contributed by atoms with Crippen molar-refractivity contribution in [1.82, 2.24) is 0 Å². The third kappa shape index (κ3) is 6.20. The van der Waals surface area contributed by atoms with Gasteiger partial charge in [0.25, 0.3) is 0 Å². The topological polar surface area (TPSA) is 37.3 Å². The summed E-state index contributed by atoms with van der Waals surface area (Å²) in [7, 11) is 0. The Balaban J connectivity index is 1.72. The fourth-order valence-corrected chi connectivity index (χ4v) is 3.73. The molecule has 0 bridgehead atoms. The van der Waals surface area contributed by atoms with Crippen molar-refractivity contribution in [2.45, 2.75) is 64.4 Å². The van der Waals surface area contributed by atoms with Crippen molar-refractivity contribution < 1.29 is 14.3 Å². The summed E-state index contributed by atoms with van der Waals surface area (Å²) in [5.74, 6) is 1.29. The van der Waals surface area contributed by atoms with E-state index in [9.17, 15) is 14.3 Å². The predicted molar refractivity (Wildman–Crippen MR) is 95.1 cm³/mol. The lowest BCUT2D eigenvalue weighted by Gasteiger charge is -2.29. The molecule has 0 spiro atoms. The highest BCUT2D eigenvalue weighted by Crippen LogP contribution is 2.36. The molecule has 1 N–H and O–H groups in total. The van der Waals surface area contributed by atoms with Crippen LogP contribution < -0.4 is 0 Å². The second kappa shape index (κ2) is 9.12. The van der Waals surface area contributed by atoms with Crippen LogP contribution in [-0.2, 0) is 4.79 Å². The SMILES string of the molecule is C=C(CC1CCC(CCC(C)=O)CC1)CC(O)c1cccc(F)c1. The number of hydrogen-bond acceptors (Lipinski definition) is 2. The number of aliphatic hydroxyl groups excluding tert-OH is 1. The molecule has 132 valence electrons. The van der Waals surface area contributed by atoms with Crippen LogP contribution in [0, 0.1) is 17.7 Å².